The largest absolute Gasteiger partial charge is 0.395 e. The molecule has 19 heavy (non-hydrogen) atoms. The molecule has 0 radical (unpaired) electrons. The minimum absolute atomic E-state index is 0.105. The molecule has 0 heterocycles. The molecule has 106 valence electrons. The van der Waals surface area contributed by atoms with E-state index in [0.29, 0.717) is 17.5 Å². The molecular formula is C13H20N2O3S. The third kappa shape index (κ3) is 3.08. The van der Waals surface area contributed by atoms with Crippen molar-refractivity contribution >= 4 is 15.7 Å². The first-order chi connectivity index (χ1) is 8.96. The van der Waals surface area contributed by atoms with E-state index >= 15 is 0 Å². The molecule has 0 aromatic heterocycles. The predicted octanol–water partition coefficient (Wildman–Crippen LogP) is 0.898. The first-order valence-electron chi connectivity index (χ1n) is 6.37. The van der Waals surface area contributed by atoms with Crippen LogP contribution >= 0.6 is 0 Å². The Morgan fingerprint density at radius 3 is 2.21 bits per heavy atom. The van der Waals surface area contributed by atoms with Gasteiger partial charge in [-0.2, -0.15) is 0 Å². The van der Waals surface area contributed by atoms with Crippen molar-refractivity contribution in [2.24, 2.45) is 0 Å². The van der Waals surface area contributed by atoms with Crippen LogP contribution in [0.3, 0.4) is 0 Å². The first-order valence-corrected chi connectivity index (χ1v) is 7.81. The van der Waals surface area contributed by atoms with Gasteiger partial charge >= 0.3 is 0 Å². The Bertz CT molecular complexity index is 521. The van der Waals surface area contributed by atoms with Gasteiger partial charge in [0.15, 0.2) is 0 Å². The average molecular weight is 284 g/mol. The number of anilines is 1. The maximum Gasteiger partial charge on any atom is 0.242 e. The van der Waals surface area contributed by atoms with Gasteiger partial charge in [-0.3, -0.25) is 0 Å². The fourth-order valence-electron chi connectivity index (χ4n) is 2.04. The number of rotatable bonds is 6. The quantitative estimate of drug-likeness (QED) is 0.843. The summed E-state index contributed by atoms with van der Waals surface area (Å²) in [5, 5.41) is 9.09. The number of hydrogen-bond acceptors (Lipinski definition) is 4. The van der Waals surface area contributed by atoms with Gasteiger partial charge in [0, 0.05) is 32.4 Å². The Morgan fingerprint density at radius 1 is 1.21 bits per heavy atom. The van der Waals surface area contributed by atoms with Crippen LogP contribution < -0.4 is 4.90 Å². The van der Waals surface area contributed by atoms with Crippen molar-refractivity contribution in [3.05, 3.63) is 24.3 Å². The van der Waals surface area contributed by atoms with Crippen molar-refractivity contribution in [3.8, 4) is 0 Å². The van der Waals surface area contributed by atoms with Crippen LogP contribution in [-0.4, -0.2) is 51.1 Å². The Balaban J connectivity index is 2.22. The van der Waals surface area contributed by atoms with E-state index in [4.69, 9.17) is 5.11 Å². The van der Waals surface area contributed by atoms with E-state index in [-0.39, 0.29) is 6.61 Å². The Labute approximate surface area is 114 Å². The fraction of sp³-hybridized carbons (Fsp3) is 0.538. The van der Waals surface area contributed by atoms with Gasteiger partial charge in [0.2, 0.25) is 10.0 Å². The summed E-state index contributed by atoms with van der Waals surface area (Å²) in [6, 6.07) is 7.35. The van der Waals surface area contributed by atoms with Crippen LogP contribution in [0.4, 0.5) is 5.69 Å². The van der Waals surface area contributed by atoms with Gasteiger partial charge in [0.05, 0.1) is 11.5 Å². The molecule has 1 aliphatic rings. The van der Waals surface area contributed by atoms with Crippen LogP contribution in [0, 0.1) is 0 Å². The van der Waals surface area contributed by atoms with Crippen LogP contribution in [-0.2, 0) is 10.0 Å². The smallest absolute Gasteiger partial charge is 0.242 e. The molecule has 6 heteroatoms. The van der Waals surface area contributed by atoms with Gasteiger partial charge in [0.25, 0.3) is 0 Å². The highest BCUT2D eigenvalue weighted by Crippen LogP contribution is 2.31. The van der Waals surface area contributed by atoms with Gasteiger partial charge in [0.1, 0.15) is 0 Å². The van der Waals surface area contributed by atoms with Crippen molar-refractivity contribution in [2.45, 2.75) is 23.8 Å². The maximum atomic E-state index is 12.0. The second-order valence-electron chi connectivity index (χ2n) is 4.93. The van der Waals surface area contributed by atoms with E-state index in [2.05, 4.69) is 4.90 Å². The van der Waals surface area contributed by atoms with E-state index in [1.807, 2.05) is 12.1 Å². The molecule has 1 aromatic carbocycles. The molecule has 1 fully saturated rings. The Kier molecular flexibility index (Phi) is 4.13. The van der Waals surface area contributed by atoms with Gasteiger partial charge < -0.3 is 10.0 Å². The second-order valence-corrected chi connectivity index (χ2v) is 7.08. The zero-order valence-electron chi connectivity index (χ0n) is 11.3. The van der Waals surface area contributed by atoms with Crippen molar-refractivity contribution in [1.82, 2.24) is 4.31 Å². The molecule has 1 N–H and O–H groups in total. The standard InChI is InChI=1S/C13H20N2O3S/c1-14(2)19(17,18)13-7-5-12(6-8-13)15(9-10-16)11-3-4-11/h5-8,11,16H,3-4,9-10H2,1-2H3. The molecule has 0 spiro atoms. The number of aliphatic hydroxyl groups is 1. The molecule has 0 unspecified atom stereocenters. The molecule has 5 nitrogen and oxygen atoms in total. The maximum absolute atomic E-state index is 12.0. The van der Waals surface area contributed by atoms with Crippen LogP contribution in [0.15, 0.2) is 29.2 Å². The molecule has 1 aromatic rings. The van der Waals surface area contributed by atoms with Crippen molar-refractivity contribution in [1.29, 1.82) is 0 Å². The molecule has 0 atom stereocenters. The summed E-state index contributed by atoms with van der Waals surface area (Å²) in [6.07, 6.45) is 2.27. The third-order valence-corrected chi connectivity index (χ3v) is 5.10. The highest BCUT2D eigenvalue weighted by atomic mass is 32.2. The minimum Gasteiger partial charge on any atom is -0.395 e. The summed E-state index contributed by atoms with van der Waals surface area (Å²) in [7, 11) is -0.332. The van der Waals surface area contributed by atoms with Crippen LogP contribution in [0.25, 0.3) is 0 Å². The zero-order chi connectivity index (χ0) is 14.0. The van der Waals surface area contributed by atoms with Gasteiger partial charge in [-0.05, 0) is 37.1 Å². The molecule has 0 amide bonds. The van der Waals surface area contributed by atoms with Gasteiger partial charge in [-0.25, -0.2) is 12.7 Å². The van der Waals surface area contributed by atoms with Crippen molar-refractivity contribution in [3.63, 3.8) is 0 Å². The second kappa shape index (κ2) is 5.48. The van der Waals surface area contributed by atoms with Crippen molar-refractivity contribution < 1.29 is 13.5 Å². The monoisotopic (exact) mass is 284 g/mol. The van der Waals surface area contributed by atoms with E-state index in [9.17, 15) is 8.42 Å². The topological polar surface area (TPSA) is 60.9 Å². The number of benzene rings is 1. The summed E-state index contributed by atoms with van der Waals surface area (Å²) >= 11 is 0. The summed E-state index contributed by atoms with van der Waals surface area (Å²) in [4.78, 5) is 2.42. The summed E-state index contributed by atoms with van der Waals surface area (Å²) in [5.41, 5.74) is 0.967. The van der Waals surface area contributed by atoms with E-state index in [1.165, 1.54) is 18.4 Å². The lowest BCUT2D eigenvalue weighted by molar-refractivity contribution is 0.301. The molecule has 1 saturated carbocycles. The van der Waals surface area contributed by atoms with Crippen LogP contribution in [0.1, 0.15) is 12.8 Å². The summed E-state index contributed by atoms with van der Waals surface area (Å²) < 4.78 is 25.1. The highest BCUT2D eigenvalue weighted by Gasteiger charge is 2.29. The fourth-order valence-corrected chi connectivity index (χ4v) is 2.94. The summed E-state index contributed by atoms with van der Waals surface area (Å²) in [6.45, 7) is 0.693. The molecular weight excluding hydrogens is 264 g/mol. The summed E-state index contributed by atoms with van der Waals surface area (Å²) in [5.74, 6) is 0. The first kappa shape index (κ1) is 14.3. The predicted molar refractivity (Wildman–Crippen MR) is 74.8 cm³/mol. The van der Waals surface area contributed by atoms with E-state index in [1.54, 1.807) is 12.1 Å². The lowest BCUT2D eigenvalue weighted by Crippen LogP contribution is -2.29. The van der Waals surface area contributed by atoms with Gasteiger partial charge in [-0.1, -0.05) is 0 Å². The number of aliphatic hydroxyl groups excluding tert-OH is 1. The normalized spacial score (nSPS) is 15.8. The number of hydrogen-bond donors (Lipinski definition) is 1. The molecule has 1 aliphatic carbocycles. The van der Waals surface area contributed by atoms with Gasteiger partial charge in [-0.15, -0.1) is 0 Å². The highest BCUT2D eigenvalue weighted by molar-refractivity contribution is 7.89. The SMILES string of the molecule is CN(C)S(=O)(=O)c1ccc(N(CCO)C2CC2)cc1. The Hall–Kier alpha value is -1.11. The molecule has 0 saturated heterocycles. The molecule has 0 bridgehead atoms. The molecule has 0 aliphatic heterocycles. The van der Waals surface area contributed by atoms with E-state index < -0.39 is 10.0 Å². The average Bonchev–Trinajstić information content (AvgIpc) is 3.20. The number of nitrogens with zero attached hydrogens (tertiary/aromatic N) is 2. The lowest BCUT2D eigenvalue weighted by atomic mass is 10.3. The number of sulfonamides is 1. The third-order valence-electron chi connectivity index (χ3n) is 3.28. The Morgan fingerprint density at radius 2 is 1.79 bits per heavy atom. The lowest BCUT2D eigenvalue weighted by Gasteiger charge is -2.24. The molecule has 2 rings (SSSR count). The minimum atomic E-state index is -3.37. The van der Waals surface area contributed by atoms with Crippen LogP contribution in [0.2, 0.25) is 0 Å². The van der Waals surface area contributed by atoms with Crippen molar-refractivity contribution in [2.75, 3.05) is 32.1 Å². The zero-order valence-corrected chi connectivity index (χ0v) is 12.1. The van der Waals surface area contributed by atoms with Crippen LogP contribution in [0.5, 0.6) is 0 Å². The van der Waals surface area contributed by atoms with E-state index in [0.717, 1.165) is 18.5 Å².